The van der Waals surface area contributed by atoms with Crippen LogP contribution in [0, 0.1) is 6.92 Å². The zero-order valence-corrected chi connectivity index (χ0v) is 10.6. The first-order valence-corrected chi connectivity index (χ1v) is 6.21. The Kier molecular flexibility index (Phi) is 3.84. The molecule has 0 aromatic carbocycles. The van der Waals surface area contributed by atoms with Gasteiger partial charge in [0.2, 0.25) is 0 Å². The van der Waals surface area contributed by atoms with Crippen molar-refractivity contribution in [1.29, 1.82) is 0 Å². The van der Waals surface area contributed by atoms with Crippen LogP contribution in [0.2, 0.25) is 0 Å². The van der Waals surface area contributed by atoms with Gasteiger partial charge in [0, 0.05) is 20.2 Å². The highest BCUT2D eigenvalue weighted by Crippen LogP contribution is 2.20. The van der Waals surface area contributed by atoms with Crippen molar-refractivity contribution in [3.05, 3.63) is 17.8 Å². The van der Waals surface area contributed by atoms with Crippen LogP contribution in [-0.4, -0.2) is 31.3 Å². The summed E-state index contributed by atoms with van der Waals surface area (Å²) in [7, 11) is 2.06. The second kappa shape index (κ2) is 5.36. The maximum absolute atomic E-state index is 5.74. The number of likely N-dealkylation sites (N-methyl/N-ethyl adjacent to an activating group) is 1. The standard InChI is InChI=1S/C13H21N3O/c1-10-7-11(14)8-15-13(10)16(2)9-12-5-3-4-6-17-12/h7-8,12H,3-6,9,14H2,1-2H3. The number of pyridine rings is 1. The van der Waals surface area contributed by atoms with Gasteiger partial charge in [0.25, 0.3) is 0 Å². The topological polar surface area (TPSA) is 51.4 Å². The molecule has 0 aliphatic carbocycles. The van der Waals surface area contributed by atoms with Crippen molar-refractivity contribution in [3.8, 4) is 0 Å². The van der Waals surface area contributed by atoms with Crippen LogP contribution in [0.1, 0.15) is 24.8 Å². The van der Waals surface area contributed by atoms with Crippen molar-refractivity contribution in [2.24, 2.45) is 0 Å². The van der Waals surface area contributed by atoms with Crippen molar-refractivity contribution in [1.82, 2.24) is 4.98 Å². The smallest absolute Gasteiger partial charge is 0.131 e. The Bertz CT molecular complexity index is 375. The molecular weight excluding hydrogens is 214 g/mol. The molecule has 4 nitrogen and oxygen atoms in total. The van der Waals surface area contributed by atoms with Gasteiger partial charge in [-0.3, -0.25) is 0 Å². The van der Waals surface area contributed by atoms with Crippen molar-refractivity contribution in [2.45, 2.75) is 32.3 Å². The molecule has 1 aromatic heterocycles. The molecule has 1 saturated heterocycles. The van der Waals surface area contributed by atoms with Crippen LogP contribution < -0.4 is 10.6 Å². The van der Waals surface area contributed by atoms with Crippen LogP contribution in [0.4, 0.5) is 11.5 Å². The predicted octanol–water partition coefficient (Wildman–Crippen LogP) is 1.98. The maximum Gasteiger partial charge on any atom is 0.131 e. The van der Waals surface area contributed by atoms with Gasteiger partial charge in [-0.15, -0.1) is 0 Å². The molecule has 1 atom stereocenters. The highest BCUT2D eigenvalue weighted by Gasteiger charge is 2.17. The Hall–Kier alpha value is -1.29. The van der Waals surface area contributed by atoms with Crippen LogP contribution >= 0.6 is 0 Å². The fraction of sp³-hybridized carbons (Fsp3) is 0.615. The molecule has 2 heterocycles. The van der Waals surface area contributed by atoms with Gasteiger partial charge in [-0.25, -0.2) is 4.98 Å². The molecule has 0 radical (unpaired) electrons. The lowest BCUT2D eigenvalue weighted by Crippen LogP contribution is -2.34. The number of ether oxygens (including phenoxy) is 1. The average molecular weight is 235 g/mol. The number of aryl methyl sites for hydroxylation is 1. The molecule has 1 aliphatic rings. The lowest BCUT2D eigenvalue weighted by Gasteiger charge is -2.28. The molecule has 0 amide bonds. The zero-order chi connectivity index (χ0) is 12.3. The number of anilines is 2. The number of nitrogens with two attached hydrogens (primary N) is 1. The summed E-state index contributed by atoms with van der Waals surface area (Å²) in [5, 5.41) is 0. The molecule has 0 bridgehead atoms. The minimum atomic E-state index is 0.340. The lowest BCUT2D eigenvalue weighted by molar-refractivity contribution is 0.0215. The molecule has 0 spiro atoms. The SMILES string of the molecule is Cc1cc(N)cnc1N(C)CC1CCCCO1. The number of hydrogen-bond acceptors (Lipinski definition) is 4. The van der Waals surface area contributed by atoms with Gasteiger partial charge < -0.3 is 15.4 Å². The molecule has 2 rings (SSSR count). The van der Waals surface area contributed by atoms with Gasteiger partial charge in [-0.2, -0.15) is 0 Å². The Labute approximate surface area is 103 Å². The number of hydrogen-bond donors (Lipinski definition) is 1. The second-order valence-corrected chi connectivity index (χ2v) is 4.78. The highest BCUT2D eigenvalue weighted by molar-refractivity contribution is 5.52. The van der Waals surface area contributed by atoms with E-state index in [1.165, 1.54) is 12.8 Å². The summed E-state index contributed by atoms with van der Waals surface area (Å²) < 4.78 is 5.74. The van der Waals surface area contributed by atoms with Crippen LogP contribution in [0.15, 0.2) is 12.3 Å². The summed E-state index contributed by atoms with van der Waals surface area (Å²) >= 11 is 0. The second-order valence-electron chi connectivity index (χ2n) is 4.78. The Morgan fingerprint density at radius 1 is 1.53 bits per heavy atom. The van der Waals surface area contributed by atoms with Crippen molar-refractivity contribution in [3.63, 3.8) is 0 Å². The normalized spacial score (nSPS) is 20.2. The minimum absolute atomic E-state index is 0.340. The molecule has 1 unspecified atom stereocenters. The van der Waals surface area contributed by atoms with Crippen LogP contribution in [0.3, 0.4) is 0 Å². The van der Waals surface area contributed by atoms with Gasteiger partial charge in [-0.1, -0.05) is 0 Å². The summed E-state index contributed by atoms with van der Waals surface area (Å²) in [6.45, 7) is 3.83. The Balaban J connectivity index is 2.00. The quantitative estimate of drug-likeness (QED) is 0.870. The molecule has 17 heavy (non-hydrogen) atoms. The largest absolute Gasteiger partial charge is 0.397 e. The van der Waals surface area contributed by atoms with Crippen molar-refractivity contribution < 1.29 is 4.74 Å². The average Bonchev–Trinajstić information content (AvgIpc) is 2.30. The summed E-state index contributed by atoms with van der Waals surface area (Å²) in [6.07, 6.45) is 5.66. The van der Waals surface area contributed by atoms with E-state index in [-0.39, 0.29) is 0 Å². The third-order valence-corrected chi connectivity index (χ3v) is 3.18. The van der Waals surface area contributed by atoms with E-state index in [9.17, 15) is 0 Å². The monoisotopic (exact) mass is 235 g/mol. The number of rotatable bonds is 3. The first kappa shape index (κ1) is 12.2. The van der Waals surface area contributed by atoms with Gasteiger partial charge in [0.05, 0.1) is 18.0 Å². The molecule has 2 N–H and O–H groups in total. The first-order valence-electron chi connectivity index (χ1n) is 6.21. The fourth-order valence-electron chi connectivity index (χ4n) is 2.33. The molecule has 1 aromatic rings. The number of nitrogens with zero attached hydrogens (tertiary/aromatic N) is 2. The van der Waals surface area contributed by atoms with E-state index in [1.54, 1.807) is 6.20 Å². The van der Waals surface area contributed by atoms with Crippen LogP contribution in [-0.2, 0) is 4.74 Å². The Morgan fingerprint density at radius 3 is 3.00 bits per heavy atom. The van der Waals surface area contributed by atoms with Gasteiger partial charge in [0.15, 0.2) is 0 Å². The minimum Gasteiger partial charge on any atom is -0.397 e. The molecule has 94 valence electrons. The summed E-state index contributed by atoms with van der Waals surface area (Å²) in [6, 6.07) is 1.96. The maximum atomic E-state index is 5.74. The van der Waals surface area contributed by atoms with E-state index in [1.807, 2.05) is 13.0 Å². The van der Waals surface area contributed by atoms with E-state index in [0.29, 0.717) is 11.8 Å². The van der Waals surface area contributed by atoms with E-state index in [0.717, 1.165) is 31.0 Å². The van der Waals surface area contributed by atoms with E-state index in [4.69, 9.17) is 10.5 Å². The molecule has 4 heteroatoms. The van der Waals surface area contributed by atoms with Gasteiger partial charge in [0.1, 0.15) is 5.82 Å². The number of nitrogen functional groups attached to an aromatic ring is 1. The van der Waals surface area contributed by atoms with E-state index < -0.39 is 0 Å². The summed E-state index contributed by atoms with van der Waals surface area (Å²) in [5.74, 6) is 0.994. The van der Waals surface area contributed by atoms with Gasteiger partial charge in [-0.05, 0) is 37.8 Å². The third kappa shape index (κ3) is 3.09. The van der Waals surface area contributed by atoms with Crippen molar-refractivity contribution >= 4 is 11.5 Å². The highest BCUT2D eigenvalue weighted by atomic mass is 16.5. The first-order chi connectivity index (χ1) is 8.16. The van der Waals surface area contributed by atoms with Gasteiger partial charge >= 0.3 is 0 Å². The predicted molar refractivity (Wildman–Crippen MR) is 70.2 cm³/mol. The fourth-order valence-corrected chi connectivity index (χ4v) is 2.33. The van der Waals surface area contributed by atoms with E-state index >= 15 is 0 Å². The summed E-state index contributed by atoms with van der Waals surface area (Å²) in [5.41, 5.74) is 7.54. The number of aromatic nitrogens is 1. The van der Waals surface area contributed by atoms with Crippen molar-refractivity contribution in [2.75, 3.05) is 30.8 Å². The third-order valence-electron chi connectivity index (χ3n) is 3.18. The zero-order valence-electron chi connectivity index (χ0n) is 10.6. The summed E-state index contributed by atoms with van der Waals surface area (Å²) in [4.78, 5) is 6.55. The van der Waals surface area contributed by atoms with Crippen LogP contribution in [0.5, 0.6) is 0 Å². The lowest BCUT2D eigenvalue weighted by atomic mass is 10.1. The Morgan fingerprint density at radius 2 is 2.35 bits per heavy atom. The van der Waals surface area contributed by atoms with Crippen LogP contribution in [0.25, 0.3) is 0 Å². The van der Waals surface area contributed by atoms with E-state index in [2.05, 4.69) is 16.9 Å². The molecule has 1 fully saturated rings. The molecule has 1 aliphatic heterocycles. The molecule has 0 saturated carbocycles. The molecular formula is C13H21N3O.